The highest BCUT2D eigenvalue weighted by Gasteiger charge is 2.63. The van der Waals surface area contributed by atoms with Crippen molar-refractivity contribution in [3.63, 3.8) is 0 Å². The molecular weight excluding hydrogens is 522 g/mol. The number of rotatable bonds is 3. The third-order valence-corrected chi connectivity index (χ3v) is 14.1. The van der Waals surface area contributed by atoms with E-state index in [4.69, 9.17) is 9.47 Å². The maximum atomic E-state index is 10.8. The minimum atomic E-state index is -1.44. The number of ether oxygens (including phenoxy) is 2. The van der Waals surface area contributed by atoms with Gasteiger partial charge in [0.15, 0.2) is 6.29 Å². The molecule has 7 rings (SSSR count). The highest BCUT2D eigenvalue weighted by Crippen LogP contribution is 2.67. The molecule has 7 aliphatic rings. The zero-order valence-corrected chi connectivity index (χ0v) is 25.3. The van der Waals surface area contributed by atoms with Gasteiger partial charge in [0, 0.05) is 19.1 Å². The molecule has 18 atom stereocenters. The van der Waals surface area contributed by atoms with Crippen molar-refractivity contribution in [1.82, 2.24) is 4.90 Å². The van der Waals surface area contributed by atoms with Gasteiger partial charge in [-0.1, -0.05) is 20.8 Å². The molecule has 0 spiro atoms. The summed E-state index contributed by atoms with van der Waals surface area (Å²) in [7, 11) is 0. The van der Waals surface area contributed by atoms with Crippen LogP contribution in [0.4, 0.5) is 0 Å². The van der Waals surface area contributed by atoms with Crippen LogP contribution in [-0.4, -0.2) is 99.1 Å². The van der Waals surface area contributed by atoms with Crippen molar-refractivity contribution >= 4 is 0 Å². The van der Waals surface area contributed by atoms with Gasteiger partial charge >= 0.3 is 0 Å². The van der Waals surface area contributed by atoms with Crippen LogP contribution in [0.2, 0.25) is 0 Å². The van der Waals surface area contributed by atoms with E-state index in [9.17, 15) is 25.5 Å². The van der Waals surface area contributed by atoms with Crippen LogP contribution in [0.1, 0.15) is 78.6 Å². The summed E-state index contributed by atoms with van der Waals surface area (Å²) in [5.74, 6) is 5.96. The number of nitrogens with zero attached hydrogens (tertiary/aromatic N) is 1. The molecule has 234 valence electrons. The lowest BCUT2D eigenvalue weighted by atomic mass is 9.51. The van der Waals surface area contributed by atoms with Gasteiger partial charge in [0.05, 0.1) is 18.8 Å². The number of aliphatic hydroxyl groups is 5. The van der Waals surface area contributed by atoms with Gasteiger partial charge in [0.25, 0.3) is 0 Å². The monoisotopic (exact) mass is 577 g/mol. The van der Waals surface area contributed by atoms with Crippen molar-refractivity contribution in [2.45, 2.75) is 128 Å². The standard InChI is InChI=1S/C33H55NO7/c1-16-4-7-26-17(2)19-5-6-20-21(23(19)14-34(26)13-16)11-24-22(20)12-27(25-10-18(36)8-9-33(24,25)3)40-32-31(39)30(38)29(37)28(15-35)41-32/h16-32,35-39H,4-15H2,1-3H3/t16-,17+,18-,19-,20+,21+,22-,23+,24-,25+,26+,27+,28+,29+,30-,31+,32+,33+/m0/s1. The molecule has 3 aliphatic heterocycles. The van der Waals surface area contributed by atoms with Gasteiger partial charge < -0.3 is 35.0 Å². The van der Waals surface area contributed by atoms with Crippen LogP contribution >= 0.6 is 0 Å². The summed E-state index contributed by atoms with van der Waals surface area (Å²) in [6, 6.07) is 0.769. The number of aliphatic hydroxyl groups excluding tert-OH is 5. The third-order valence-electron chi connectivity index (χ3n) is 14.1. The summed E-state index contributed by atoms with van der Waals surface area (Å²) in [6.45, 7) is 9.50. The second-order valence-corrected chi connectivity index (χ2v) is 15.9. The first-order valence-electron chi connectivity index (χ1n) is 17.0. The number of hydrogen-bond donors (Lipinski definition) is 5. The van der Waals surface area contributed by atoms with E-state index in [2.05, 4.69) is 25.7 Å². The molecule has 0 unspecified atom stereocenters. The highest BCUT2D eigenvalue weighted by atomic mass is 16.7. The van der Waals surface area contributed by atoms with Gasteiger partial charge in [-0.05, 0) is 116 Å². The minimum Gasteiger partial charge on any atom is -0.394 e. The molecule has 7 fully saturated rings. The Bertz CT molecular complexity index is 949. The molecule has 8 heteroatoms. The number of piperidine rings is 2. The van der Waals surface area contributed by atoms with Gasteiger partial charge in [0.2, 0.25) is 0 Å². The van der Waals surface area contributed by atoms with Gasteiger partial charge in [-0.3, -0.25) is 4.90 Å². The Morgan fingerprint density at radius 3 is 2.34 bits per heavy atom. The van der Waals surface area contributed by atoms with Crippen molar-refractivity contribution in [2.24, 2.45) is 58.7 Å². The molecule has 0 amide bonds. The van der Waals surface area contributed by atoms with E-state index in [1.807, 2.05) is 0 Å². The lowest BCUT2D eigenvalue weighted by Crippen LogP contribution is -2.61. The van der Waals surface area contributed by atoms with E-state index in [1.54, 1.807) is 0 Å². The summed E-state index contributed by atoms with van der Waals surface area (Å²) in [5, 5.41) is 52.1. The zero-order valence-electron chi connectivity index (χ0n) is 25.3. The largest absolute Gasteiger partial charge is 0.394 e. The Kier molecular flexibility index (Phi) is 7.84. The van der Waals surface area contributed by atoms with Gasteiger partial charge in [-0.25, -0.2) is 0 Å². The first-order chi connectivity index (χ1) is 19.6. The second kappa shape index (κ2) is 10.9. The molecule has 0 aromatic rings. The van der Waals surface area contributed by atoms with Crippen molar-refractivity contribution in [2.75, 3.05) is 19.7 Å². The fourth-order valence-corrected chi connectivity index (χ4v) is 12.1. The van der Waals surface area contributed by atoms with Crippen LogP contribution in [0.15, 0.2) is 0 Å². The molecule has 41 heavy (non-hydrogen) atoms. The van der Waals surface area contributed by atoms with E-state index >= 15 is 0 Å². The fourth-order valence-electron chi connectivity index (χ4n) is 12.1. The zero-order chi connectivity index (χ0) is 28.8. The average molecular weight is 578 g/mol. The normalized spacial score (nSPS) is 59.0. The molecule has 0 aromatic carbocycles. The maximum absolute atomic E-state index is 10.8. The predicted octanol–water partition coefficient (Wildman–Crippen LogP) is 2.39. The minimum absolute atomic E-state index is 0.0518. The van der Waals surface area contributed by atoms with E-state index in [1.165, 1.54) is 45.2 Å². The fraction of sp³-hybridized carbons (Fsp3) is 1.00. The van der Waals surface area contributed by atoms with Crippen LogP contribution in [0.3, 0.4) is 0 Å². The molecule has 5 N–H and O–H groups in total. The van der Waals surface area contributed by atoms with E-state index in [-0.39, 0.29) is 23.5 Å². The van der Waals surface area contributed by atoms with E-state index in [0.29, 0.717) is 24.2 Å². The van der Waals surface area contributed by atoms with Crippen molar-refractivity contribution < 1.29 is 35.0 Å². The Balaban J connectivity index is 1.15. The Morgan fingerprint density at radius 1 is 0.780 bits per heavy atom. The summed E-state index contributed by atoms with van der Waals surface area (Å²) in [5.41, 5.74) is 0.0518. The average Bonchev–Trinajstić information content (AvgIpc) is 3.34. The SMILES string of the molecule is C[C@H]1CC[C@@H]2[C@H](C)[C@@H]3CC[C@@H]4[C@@H](C[C@H]5[C@H]4C[C@@H](O[C@@H]4O[C@H](CO)[C@@H](O)[C@H](O)[C@H]4O)[C@H]4C[C@@H](O)CC[C@@]45C)[C@@H]3CN2C1. The Hall–Kier alpha value is -0.320. The Labute approximate surface area is 245 Å². The molecule has 0 aromatic heterocycles. The lowest BCUT2D eigenvalue weighted by molar-refractivity contribution is -0.325. The van der Waals surface area contributed by atoms with E-state index in [0.717, 1.165) is 54.9 Å². The summed E-state index contributed by atoms with van der Waals surface area (Å²) in [6.07, 6.45) is 3.23. The summed E-state index contributed by atoms with van der Waals surface area (Å²) < 4.78 is 12.4. The van der Waals surface area contributed by atoms with Crippen molar-refractivity contribution in [3.8, 4) is 0 Å². The summed E-state index contributed by atoms with van der Waals surface area (Å²) in [4.78, 5) is 2.87. The van der Waals surface area contributed by atoms with Crippen LogP contribution in [-0.2, 0) is 9.47 Å². The smallest absolute Gasteiger partial charge is 0.186 e. The number of hydrogen-bond acceptors (Lipinski definition) is 8. The highest BCUT2D eigenvalue weighted by molar-refractivity contribution is 5.12. The molecule has 3 saturated heterocycles. The van der Waals surface area contributed by atoms with Crippen LogP contribution in [0, 0.1) is 58.7 Å². The first kappa shape index (κ1) is 29.4. The quantitative estimate of drug-likeness (QED) is 0.347. The van der Waals surface area contributed by atoms with Gasteiger partial charge in [0.1, 0.15) is 24.4 Å². The summed E-state index contributed by atoms with van der Waals surface area (Å²) >= 11 is 0. The van der Waals surface area contributed by atoms with Crippen LogP contribution in [0.25, 0.3) is 0 Å². The lowest BCUT2D eigenvalue weighted by Gasteiger charge is -2.57. The van der Waals surface area contributed by atoms with Gasteiger partial charge in [-0.2, -0.15) is 0 Å². The molecule has 0 radical (unpaired) electrons. The first-order valence-corrected chi connectivity index (χ1v) is 17.0. The predicted molar refractivity (Wildman–Crippen MR) is 152 cm³/mol. The van der Waals surface area contributed by atoms with Gasteiger partial charge in [-0.15, -0.1) is 0 Å². The molecule has 0 bridgehead atoms. The third kappa shape index (κ3) is 4.68. The van der Waals surface area contributed by atoms with E-state index < -0.39 is 37.3 Å². The second-order valence-electron chi connectivity index (χ2n) is 15.9. The van der Waals surface area contributed by atoms with Crippen molar-refractivity contribution in [1.29, 1.82) is 0 Å². The van der Waals surface area contributed by atoms with Crippen LogP contribution < -0.4 is 0 Å². The molecule has 4 saturated carbocycles. The Morgan fingerprint density at radius 2 is 1.56 bits per heavy atom. The topological polar surface area (TPSA) is 123 Å². The molecular formula is C33H55NO7. The van der Waals surface area contributed by atoms with Crippen molar-refractivity contribution in [3.05, 3.63) is 0 Å². The molecule has 3 heterocycles. The van der Waals surface area contributed by atoms with Crippen LogP contribution in [0.5, 0.6) is 0 Å². The molecule has 8 nitrogen and oxygen atoms in total. The molecule has 4 aliphatic carbocycles. The number of fused-ring (bicyclic) bond motifs is 8. The maximum Gasteiger partial charge on any atom is 0.186 e.